The van der Waals surface area contributed by atoms with E-state index in [9.17, 15) is 22.8 Å². The minimum atomic E-state index is -4.01. The van der Waals surface area contributed by atoms with E-state index in [1.165, 1.54) is 16.4 Å². The van der Waals surface area contributed by atoms with Gasteiger partial charge in [0.2, 0.25) is 10.0 Å². The van der Waals surface area contributed by atoms with Crippen molar-refractivity contribution in [1.29, 1.82) is 0 Å². The minimum absolute atomic E-state index is 0.136. The molecule has 1 saturated heterocycles. The molecule has 2 aliphatic rings. The Morgan fingerprint density at radius 1 is 1.00 bits per heavy atom. The van der Waals surface area contributed by atoms with Gasteiger partial charge >= 0.3 is 5.97 Å². The first-order valence-corrected chi connectivity index (χ1v) is 11.6. The van der Waals surface area contributed by atoms with E-state index in [2.05, 4.69) is 0 Å². The number of morpholine rings is 1. The average Bonchev–Trinajstić information content (AvgIpc) is 3.02. The van der Waals surface area contributed by atoms with Gasteiger partial charge in [0.25, 0.3) is 11.8 Å². The fourth-order valence-corrected chi connectivity index (χ4v) is 5.60. The molecule has 0 N–H and O–H groups in total. The number of hydrogen-bond donors (Lipinski definition) is 0. The smallest absolute Gasteiger partial charge is 0.341 e. The second-order valence-electron chi connectivity index (χ2n) is 6.92. The summed E-state index contributed by atoms with van der Waals surface area (Å²) in [7, 11) is -4.01. The van der Waals surface area contributed by atoms with Gasteiger partial charge in [-0.15, -0.1) is 0 Å². The maximum absolute atomic E-state index is 13.0. The molecule has 1 fully saturated rings. The lowest BCUT2D eigenvalue weighted by Gasteiger charge is -2.26. The van der Waals surface area contributed by atoms with Crippen LogP contribution in [0.25, 0.3) is 0 Å². The number of fused-ring (bicyclic) bond motifs is 1. The van der Waals surface area contributed by atoms with E-state index in [0.717, 1.165) is 17.0 Å². The van der Waals surface area contributed by atoms with Crippen molar-refractivity contribution in [1.82, 2.24) is 9.21 Å². The molecule has 0 aliphatic carbocycles. The molecule has 2 aliphatic heterocycles. The Balaban J connectivity index is 1.55. The third-order valence-corrected chi connectivity index (χ3v) is 7.71. The van der Waals surface area contributed by atoms with E-state index >= 15 is 0 Å². The van der Waals surface area contributed by atoms with Crippen molar-refractivity contribution in [2.45, 2.75) is 4.90 Å². The van der Waals surface area contributed by atoms with Gasteiger partial charge < -0.3 is 9.47 Å². The van der Waals surface area contributed by atoms with Crippen LogP contribution in [0.5, 0.6) is 0 Å². The summed E-state index contributed by atoms with van der Waals surface area (Å²) < 4.78 is 37.4. The zero-order valence-corrected chi connectivity index (χ0v) is 18.7. The zero-order chi connectivity index (χ0) is 23.0. The number of halogens is 2. The fraction of sp³-hybridized carbons (Fsp3) is 0.250. The summed E-state index contributed by atoms with van der Waals surface area (Å²) in [6, 6.07) is 8.38. The summed E-state index contributed by atoms with van der Waals surface area (Å²) in [5.41, 5.74) is 0.147. The van der Waals surface area contributed by atoms with Crippen molar-refractivity contribution in [2.24, 2.45) is 0 Å². The summed E-state index contributed by atoms with van der Waals surface area (Å²) in [6.07, 6.45) is 0. The third-order valence-electron chi connectivity index (χ3n) is 5.03. The first-order chi connectivity index (χ1) is 15.2. The minimum Gasteiger partial charge on any atom is -0.440 e. The Morgan fingerprint density at radius 3 is 2.19 bits per heavy atom. The molecule has 0 unspecified atom stereocenters. The van der Waals surface area contributed by atoms with Gasteiger partial charge in [0.15, 0.2) is 6.73 Å². The van der Waals surface area contributed by atoms with Crippen LogP contribution < -0.4 is 0 Å². The summed E-state index contributed by atoms with van der Waals surface area (Å²) >= 11 is 12.2. The van der Waals surface area contributed by atoms with Crippen molar-refractivity contribution in [3.63, 3.8) is 0 Å². The first-order valence-electron chi connectivity index (χ1n) is 9.41. The molecule has 0 aromatic heterocycles. The molecule has 168 valence electrons. The molecule has 2 amide bonds. The normalized spacial score (nSPS) is 16.9. The summed E-state index contributed by atoms with van der Waals surface area (Å²) in [6.45, 7) is 0.0938. The predicted molar refractivity (Wildman–Crippen MR) is 113 cm³/mol. The van der Waals surface area contributed by atoms with E-state index in [0.29, 0.717) is 0 Å². The van der Waals surface area contributed by atoms with Gasteiger partial charge in [0, 0.05) is 13.1 Å². The Bertz CT molecular complexity index is 1190. The lowest BCUT2D eigenvalue weighted by Crippen LogP contribution is -2.40. The number of nitrogens with zero attached hydrogens (tertiary/aromatic N) is 2. The van der Waals surface area contributed by atoms with Crippen LogP contribution >= 0.6 is 23.2 Å². The van der Waals surface area contributed by atoms with Crippen molar-refractivity contribution in [3.05, 3.63) is 63.1 Å². The molecular weight excluding hydrogens is 483 g/mol. The predicted octanol–water partition coefficient (Wildman–Crippen LogP) is 2.42. The molecule has 12 heteroatoms. The van der Waals surface area contributed by atoms with E-state index in [4.69, 9.17) is 32.7 Å². The van der Waals surface area contributed by atoms with Crippen molar-refractivity contribution < 1.29 is 32.3 Å². The lowest BCUT2D eigenvalue weighted by atomic mass is 10.1. The number of hydrogen-bond acceptors (Lipinski definition) is 7. The van der Waals surface area contributed by atoms with E-state index < -0.39 is 34.5 Å². The number of sulfonamides is 1. The fourth-order valence-electron chi connectivity index (χ4n) is 3.37. The van der Waals surface area contributed by atoms with Crippen LogP contribution in [0, 0.1) is 0 Å². The SMILES string of the molecule is O=C(OCN1C(=O)c2ccccc2C1=O)c1cc(S(=O)(=O)N2CCOCC2)c(Cl)cc1Cl. The number of carbonyl (C=O) groups excluding carboxylic acids is 3. The van der Waals surface area contributed by atoms with Crippen molar-refractivity contribution in [2.75, 3.05) is 33.0 Å². The van der Waals surface area contributed by atoms with E-state index in [-0.39, 0.29) is 57.9 Å². The largest absolute Gasteiger partial charge is 0.440 e. The number of esters is 1. The van der Waals surface area contributed by atoms with E-state index in [1.54, 1.807) is 12.1 Å². The van der Waals surface area contributed by atoms with Crippen molar-refractivity contribution >= 4 is 51.0 Å². The van der Waals surface area contributed by atoms with Gasteiger partial charge in [-0.25, -0.2) is 18.1 Å². The first kappa shape index (κ1) is 22.7. The van der Waals surface area contributed by atoms with Gasteiger partial charge in [-0.1, -0.05) is 35.3 Å². The highest BCUT2D eigenvalue weighted by molar-refractivity contribution is 7.89. The highest BCUT2D eigenvalue weighted by Crippen LogP contribution is 2.31. The van der Waals surface area contributed by atoms with E-state index in [1.807, 2.05) is 0 Å². The second kappa shape index (κ2) is 8.80. The van der Waals surface area contributed by atoms with Gasteiger partial charge in [-0.2, -0.15) is 4.31 Å². The number of carbonyl (C=O) groups is 3. The maximum Gasteiger partial charge on any atom is 0.341 e. The Kier molecular flexibility index (Phi) is 6.24. The second-order valence-corrected chi connectivity index (χ2v) is 9.64. The number of amides is 2. The molecule has 0 bridgehead atoms. The van der Waals surface area contributed by atoms with Crippen LogP contribution in [-0.2, 0) is 19.5 Å². The maximum atomic E-state index is 13.0. The summed E-state index contributed by atoms with van der Waals surface area (Å²) in [5, 5.41) is -0.290. The van der Waals surface area contributed by atoms with Crippen LogP contribution in [-0.4, -0.2) is 68.4 Å². The number of imide groups is 1. The molecule has 0 saturated carbocycles. The molecule has 2 aromatic rings. The topological polar surface area (TPSA) is 110 Å². The van der Waals surface area contributed by atoms with Crippen LogP contribution in [0.2, 0.25) is 10.0 Å². The van der Waals surface area contributed by atoms with Crippen LogP contribution in [0.3, 0.4) is 0 Å². The summed E-state index contributed by atoms with van der Waals surface area (Å²) in [4.78, 5) is 37.9. The zero-order valence-electron chi connectivity index (χ0n) is 16.4. The molecule has 2 aromatic carbocycles. The standard InChI is InChI=1S/C20H16Cl2N2O7S/c21-15-10-16(22)17(32(28,29)23-5-7-30-8-6-23)9-14(15)20(27)31-11-24-18(25)12-3-1-2-4-13(12)19(24)26/h1-4,9-10H,5-8,11H2. The molecule has 9 nitrogen and oxygen atoms in total. The van der Waals surface area contributed by atoms with Crippen LogP contribution in [0.15, 0.2) is 41.3 Å². The molecule has 32 heavy (non-hydrogen) atoms. The summed E-state index contributed by atoms with van der Waals surface area (Å²) in [5.74, 6) is -2.21. The quantitative estimate of drug-likeness (QED) is 0.459. The highest BCUT2D eigenvalue weighted by Gasteiger charge is 2.36. The molecule has 0 spiro atoms. The lowest BCUT2D eigenvalue weighted by molar-refractivity contribution is 0.0228. The average molecular weight is 499 g/mol. The highest BCUT2D eigenvalue weighted by atomic mass is 35.5. The molecule has 0 atom stereocenters. The van der Waals surface area contributed by atoms with Gasteiger partial charge in [-0.05, 0) is 24.3 Å². The van der Waals surface area contributed by atoms with Crippen LogP contribution in [0.1, 0.15) is 31.1 Å². The van der Waals surface area contributed by atoms with Crippen LogP contribution in [0.4, 0.5) is 0 Å². The molecule has 2 heterocycles. The Morgan fingerprint density at radius 2 is 1.59 bits per heavy atom. The molecular formula is C20H16Cl2N2O7S. The number of benzene rings is 2. The Hall–Kier alpha value is -2.50. The number of ether oxygens (including phenoxy) is 2. The monoisotopic (exact) mass is 498 g/mol. The Labute approximate surface area is 193 Å². The molecule has 0 radical (unpaired) electrons. The van der Waals surface area contributed by atoms with Gasteiger partial charge in [-0.3, -0.25) is 9.59 Å². The third kappa shape index (κ3) is 4.00. The number of rotatable bonds is 5. The molecule has 4 rings (SSSR count). The van der Waals surface area contributed by atoms with Crippen molar-refractivity contribution in [3.8, 4) is 0 Å². The van der Waals surface area contributed by atoms with Gasteiger partial charge in [0.05, 0.1) is 39.9 Å². The van der Waals surface area contributed by atoms with Gasteiger partial charge in [0.1, 0.15) is 4.90 Å².